The van der Waals surface area contributed by atoms with Crippen molar-refractivity contribution in [2.24, 2.45) is 11.8 Å². The summed E-state index contributed by atoms with van der Waals surface area (Å²) >= 11 is 0. The van der Waals surface area contributed by atoms with Gasteiger partial charge < -0.3 is 20.1 Å². The van der Waals surface area contributed by atoms with Gasteiger partial charge in [0.15, 0.2) is 0 Å². The molecule has 2 saturated heterocycles. The molecule has 2 aliphatic heterocycles. The molecule has 44 heavy (non-hydrogen) atoms. The number of carbonyl (C=O) groups is 2. The maximum atomic E-state index is 11.7. The Kier molecular flexibility index (Phi) is 15.5. The van der Waals surface area contributed by atoms with Crippen LogP contribution in [0.2, 0.25) is 0 Å². The standard InChI is InChI=1S/2C18H26N2O2/c2*1-3-12-22-18(21)19-13-17(16-9-5-4-6-10-16)20-11-7-8-15(2)14-20/h2*3-6,9-10,15,17H,1,7-8,11-14H2,2H3,(H,19,21)/t15-,17+;15-,17-/m00/s1. The lowest BCUT2D eigenvalue weighted by Crippen LogP contribution is -2.42. The van der Waals surface area contributed by atoms with Gasteiger partial charge in [0.05, 0.1) is 12.1 Å². The maximum Gasteiger partial charge on any atom is 0.407 e. The van der Waals surface area contributed by atoms with Crippen LogP contribution in [0.4, 0.5) is 9.59 Å². The molecule has 2 amide bonds. The van der Waals surface area contributed by atoms with Crippen molar-refractivity contribution in [2.45, 2.75) is 51.6 Å². The summed E-state index contributed by atoms with van der Waals surface area (Å²) in [6.45, 7) is 17.6. The molecule has 0 aromatic heterocycles. The highest BCUT2D eigenvalue weighted by Crippen LogP contribution is 2.27. The smallest absolute Gasteiger partial charge is 0.407 e. The molecule has 0 spiro atoms. The second-order valence-corrected chi connectivity index (χ2v) is 11.9. The van der Waals surface area contributed by atoms with Gasteiger partial charge in [0.2, 0.25) is 0 Å². The van der Waals surface area contributed by atoms with Gasteiger partial charge in [-0.25, -0.2) is 9.59 Å². The quantitative estimate of drug-likeness (QED) is 0.261. The first-order valence-electron chi connectivity index (χ1n) is 16.0. The topological polar surface area (TPSA) is 83.1 Å². The van der Waals surface area contributed by atoms with Crippen molar-refractivity contribution < 1.29 is 19.1 Å². The fourth-order valence-electron chi connectivity index (χ4n) is 6.01. The predicted octanol–water partition coefficient (Wildman–Crippen LogP) is 6.74. The third-order valence-electron chi connectivity index (χ3n) is 8.17. The first-order valence-corrected chi connectivity index (χ1v) is 16.0. The summed E-state index contributed by atoms with van der Waals surface area (Å²) in [4.78, 5) is 28.3. The van der Waals surface area contributed by atoms with Crippen LogP contribution in [0.3, 0.4) is 0 Å². The molecule has 240 valence electrons. The summed E-state index contributed by atoms with van der Waals surface area (Å²) in [7, 11) is 0. The van der Waals surface area contributed by atoms with Gasteiger partial charge in [-0.1, -0.05) is 99.8 Å². The first kappa shape index (κ1) is 34.9. The number of hydrogen-bond acceptors (Lipinski definition) is 6. The molecule has 8 heteroatoms. The van der Waals surface area contributed by atoms with Crippen LogP contribution >= 0.6 is 0 Å². The van der Waals surface area contributed by atoms with Gasteiger partial charge in [-0.2, -0.15) is 0 Å². The number of likely N-dealkylation sites (tertiary alicyclic amines) is 2. The molecule has 2 heterocycles. The number of benzene rings is 2. The van der Waals surface area contributed by atoms with Gasteiger partial charge in [0.1, 0.15) is 13.2 Å². The molecular weight excluding hydrogens is 552 g/mol. The second kappa shape index (κ2) is 19.6. The van der Waals surface area contributed by atoms with Gasteiger partial charge in [0.25, 0.3) is 0 Å². The molecule has 0 radical (unpaired) electrons. The van der Waals surface area contributed by atoms with E-state index in [1.54, 1.807) is 12.2 Å². The first-order chi connectivity index (χ1) is 21.4. The molecule has 4 atom stereocenters. The largest absolute Gasteiger partial charge is 0.445 e. The number of amides is 2. The minimum atomic E-state index is -0.383. The van der Waals surface area contributed by atoms with E-state index in [4.69, 9.17) is 9.47 Å². The summed E-state index contributed by atoms with van der Waals surface area (Å²) in [6.07, 6.45) is 7.37. The van der Waals surface area contributed by atoms with Crippen molar-refractivity contribution in [3.63, 3.8) is 0 Å². The van der Waals surface area contributed by atoms with E-state index in [-0.39, 0.29) is 37.5 Å². The Balaban J connectivity index is 0.000000240. The Labute approximate surface area is 264 Å². The van der Waals surface area contributed by atoms with Crippen molar-refractivity contribution in [1.82, 2.24) is 20.4 Å². The number of ether oxygens (including phenoxy) is 2. The Morgan fingerprint density at radius 2 is 1.14 bits per heavy atom. The van der Waals surface area contributed by atoms with E-state index in [0.29, 0.717) is 24.9 Å². The van der Waals surface area contributed by atoms with Crippen molar-refractivity contribution in [3.05, 3.63) is 97.1 Å². The zero-order valence-electron chi connectivity index (χ0n) is 26.7. The van der Waals surface area contributed by atoms with Crippen LogP contribution in [-0.2, 0) is 9.47 Å². The lowest BCUT2D eigenvalue weighted by molar-refractivity contribution is 0.119. The van der Waals surface area contributed by atoms with Crippen LogP contribution in [0.1, 0.15) is 62.7 Å². The van der Waals surface area contributed by atoms with Crippen LogP contribution < -0.4 is 10.6 Å². The van der Waals surface area contributed by atoms with Gasteiger partial charge in [-0.05, 0) is 61.7 Å². The van der Waals surface area contributed by atoms with Crippen LogP contribution in [-0.4, -0.2) is 74.5 Å². The lowest BCUT2D eigenvalue weighted by atomic mass is 9.96. The Bertz CT molecular complexity index is 1040. The Morgan fingerprint density at radius 3 is 1.48 bits per heavy atom. The van der Waals surface area contributed by atoms with Crippen molar-refractivity contribution in [3.8, 4) is 0 Å². The minimum absolute atomic E-state index is 0.195. The molecule has 2 aromatic carbocycles. The number of carbonyl (C=O) groups excluding carboxylic acids is 2. The fraction of sp³-hybridized carbons (Fsp3) is 0.500. The molecule has 2 fully saturated rings. The highest BCUT2D eigenvalue weighted by atomic mass is 16.6. The summed E-state index contributed by atoms with van der Waals surface area (Å²) in [5.74, 6) is 1.40. The van der Waals surface area contributed by atoms with E-state index in [9.17, 15) is 9.59 Å². The molecule has 2 N–H and O–H groups in total. The molecule has 4 rings (SSSR count). The van der Waals surface area contributed by atoms with Crippen molar-refractivity contribution in [2.75, 3.05) is 52.5 Å². The second-order valence-electron chi connectivity index (χ2n) is 11.9. The third-order valence-corrected chi connectivity index (χ3v) is 8.17. The average Bonchev–Trinajstić information content (AvgIpc) is 3.04. The summed E-state index contributed by atoms with van der Waals surface area (Å²) in [6, 6.07) is 21.1. The van der Waals surface area contributed by atoms with E-state index in [0.717, 1.165) is 26.2 Å². The average molecular weight is 605 g/mol. The van der Waals surface area contributed by atoms with Gasteiger partial charge in [0, 0.05) is 26.2 Å². The molecule has 0 aliphatic carbocycles. The summed E-state index contributed by atoms with van der Waals surface area (Å²) < 4.78 is 10.00. The lowest BCUT2D eigenvalue weighted by Gasteiger charge is -2.37. The third kappa shape index (κ3) is 12.2. The van der Waals surface area contributed by atoms with Gasteiger partial charge in [-0.3, -0.25) is 9.80 Å². The summed E-state index contributed by atoms with van der Waals surface area (Å²) in [5, 5.41) is 5.76. The SMILES string of the molecule is C=CCOC(=O)NC[C@@H](c1ccccc1)N1CCC[C@H](C)C1.C=CCOC(=O)NC[C@H](c1ccccc1)N1CCC[C@H](C)C1. The van der Waals surface area contributed by atoms with E-state index in [1.165, 1.54) is 36.8 Å². The number of rotatable bonds is 12. The molecule has 8 nitrogen and oxygen atoms in total. The maximum absolute atomic E-state index is 11.7. The number of nitrogens with zero attached hydrogens (tertiary/aromatic N) is 2. The number of alkyl carbamates (subject to hydrolysis) is 2. The summed E-state index contributed by atoms with van der Waals surface area (Å²) in [5.41, 5.74) is 2.47. The van der Waals surface area contributed by atoms with Crippen molar-refractivity contribution in [1.29, 1.82) is 0 Å². The van der Waals surface area contributed by atoms with E-state index < -0.39 is 0 Å². The molecule has 0 unspecified atom stereocenters. The fourth-order valence-corrected chi connectivity index (χ4v) is 6.01. The molecule has 0 bridgehead atoms. The van der Waals surface area contributed by atoms with Crippen molar-refractivity contribution >= 4 is 12.2 Å². The number of piperidine rings is 2. The van der Waals surface area contributed by atoms with E-state index in [1.807, 2.05) is 36.4 Å². The number of nitrogens with one attached hydrogen (secondary N) is 2. The molecule has 2 aliphatic rings. The van der Waals surface area contributed by atoms with Crippen LogP contribution in [0.15, 0.2) is 86.0 Å². The number of hydrogen-bond donors (Lipinski definition) is 2. The molecular formula is C36H52N4O4. The van der Waals surface area contributed by atoms with Gasteiger partial charge in [-0.15, -0.1) is 0 Å². The van der Waals surface area contributed by atoms with E-state index >= 15 is 0 Å². The normalized spacial score (nSPS) is 20.1. The monoisotopic (exact) mass is 604 g/mol. The Morgan fingerprint density at radius 1 is 0.750 bits per heavy atom. The highest BCUT2D eigenvalue weighted by molar-refractivity contribution is 5.67. The predicted molar refractivity (Wildman–Crippen MR) is 177 cm³/mol. The van der Waals surface area contributed by atoms with Crippen LogP contribution in [0.5, 0.6) is 0 Å². The van der Waals surface area contributed by atoms with Crippen LogP contribution in [0, 0.1) is 11.8 Å². The zero-order valence-corrected chi connectivity index (χ0v) is 26.7. The van der Waals surface area contributed by atoms with Crippen LogP contribution in [0.25, 0.3) is 0 Å². The van der Waals surface area contributed by atoms with Gasteiger partial charge >= 0.3 is 12.2 Å². The Hall–Kier alpha value is -3.62. The molecule has 0 saturated carbocycles. The molecule has 2 aromatic rings. The zero-order chi connectivity index (χ0) is 31.6. The van der Waals surface area contributed by atoms with E-state index in [2.05, 4.69) is 71.7 Å². The highest BCUT2D eigenvalue weighted by Gasteiger charge is 2.27. The minimum Gasteiger partial charge on any atom is -0.445 e.